The molecule has 1 aromatic heterocycles. The summed E-state index contributed by atoms with van der Waals surface area (Å²) in [5.41, 5.74) is 1.26. The Morgan fingerprint density at radius 2 is 2.15 bits per heavy atom. The molecule has 1 saturated heterocycles. The number of nitrogens with zero attached hydrogens (tertiary/aromatic N) is 2. The van der Waals surface area contributed by atoms with Crippen LogP contribution in [0.2, 0.25) is 0 Å². The fourth-order valence-electron chi connectivity index (χ4n) is 3.04. The molecule has 138 valence electrons. The summed E-state index contributed by atoms with van der Waals surface area (Å²) in [5.74, 6) is -0.310. The number of carbonyl (C=O) groups is 2. The molecule has 1 amide bonds. The molecule has 0 saturated carbocycles. The lowest BCUT2D eigenvalue weighted by molar-refractivity contribution is -0.142. The van der Waals surface area contributed by atoms with Crippen molar-refractivity contribution < 1.29 is 14.3 Å². The average Bonchev–Trinajstić information content (AvgIpc) is 3.26. The van der Waals surface area contributed by atoms with Crippen molar-refractivity contribution in [3.8, 4) is 0 Å². The first-order valence-corrected chi connectivity index (χ1v) is 9.63. The summed E-state index contributed by atoms with van der Waals surface area (Å²) < 4.78 is 4.93. The largest absolute Gasteiger partial charge is 0.466 e. The molecule has 1 aromatic carbocycles. The zero-order valence-electron chi connectivity index (χ0n) is 14.8. The van der Waals surface area contributed by atoms with Crippen molar-refractivity contribution in [2.75, 3.05) is 25.0 Å². The average molecular weight is 373 g/mol. The molecule has 1 aliphatic rings. The highest BCUT2D eigenvalue weighted by atomic mass is 32.1. The predicted molar refractivity (Wildman–Crippen MR) is 101 cm³/mol. The number of hydrogen-bond acceptors (Lipinski definition) is 6. The number of hydrogen-bond donors (Lipinski definition) is 1. The maximum absolute atomic E-state index is 12.5. The molecule has 0 aliphatic carbocycles. The van der Waals surface area contributed by atoms with Gasteiger partial charge in [0, 0.05) is 24.2 Å². The summed E-state index contributed by atoms with van der Waals surface area (Å²) in [7, 11) is 0. The molecular weight excluding hydrogens is 350 g/mol. The Labute approximate surface area is 157 Å². The molecule has 3 rings (SSSR count). The van der Waals surface area contributed by atoms with E-state index in [4.69, 9.17) is 4.74 Å². The second-order valence-electron chi connectivity index (χ2n) is 6.31. The van der Waals surface area contributed by atoms with Crippen LogP contribution in [-0.2, 0) is 27.3 Å². The van der Waals surface area contributed by atoms with Crippen LogP contribution < -0.4 is 5.32 Å². The summed E-state index contributed by atoms with van der Waals surface area (Å²) in [5, 5.41) is 3.42. The Hall–Kier alpha value is -2.25. The monoisotopic (exact) mass is 373 g/mol. The summed E-state index contributed by atoms with van der Waals surface area (Å²) >= 11 is 1.32. The second kappa shape index (κ2) is 8.91. The number of nitrogens with one attached hydrogen (secondary N) is 1. The Morgan fingerprint density at radius 3 is 2.92 bits per heavy atom. The van der Waals surface area contributed by atoms with E-state index in [1.54, 1.807) is 13.1 Å². The number of likely N-dealkylation sites (tertiary alicyclic amines) is 1. The van der Waals surface area contributed by atoms with E-state index in [9.17, 15) is 9.59 Å². The molecule has 1 aliphatic heterocycles. The number of anilines is 1. The Kier molecular flexibility index (Phi) is 6.35. The highest BCUT2D eigenvalue weighted by molar-refractivity contribution is 7.15. The van der Waals surface area contributed by atoms with E-state index in [0.717, 1.165) is 30.9 Å². The Bertz CT molecular complexity index is 747. The van der Waals surface area contributed by atoms with E-state index in [2.05, 4.69) is 27.3 Å². The number of carbonyl (C=O) groups excluding carboxylic acids is 2. The second-order valence-corrected chi connectivity index (χ2v) is 7.42. The maximum Gasteiger partial charge on any atom is 0.311 e. The summed E-state index contributed by atoms with van der Waals surface area (Å²) in [6, 6.07) is 10.3. The minimum Gasteiger partial charge on any atom is -0.466 e. The predicted octanol–water partition coefficient (Wildman–Crippen LogP) is 2.71. The Balaban J connectivity index is 1.48. The standard InChI is InChI=1S/C19H23N3O3S/c1-2-25-17(23)10-16-11-20-19(26-16)21-18(24)15-8-9-22(13-15)12-14-6-4-3-5-7-14/h3-7,11,15H,2,8-10,12-13H2,1H3,(H,20,21,24). The minimum absolute atomic E-state index is 0.00223. The molecule has 1 unspecified atom stereocenters. The molecule has 1 fully saturated rings. The lowest BCUT2D eigenvalue weighted by atomic mass is 10.1. The van der Waals surface area contributed by atoms with Gasteiger partial charge in [-0.3, -0.25) is 14.5 Å². The van der Waals surface area contributed by atoms with Crippen LogP contribution >= 0.6 is 11.3 Å². The molecular formula is C19H23N3O3S. The molecule has 1 atom stereocenters. The van der Waals surface area contributed by atoms with Gasteiger partial charge in [0.2, 0.25) is 5.91 Å². The third kappa shape index (κ3) is 5.12. The SMILES string of the molecule is CCOC(=O)Cc1cnc(NC(=O)C2CCN(Cc3ccccc3)C2)s1. The van der Waals surface area contributed by atoms with Gasteiger partial charge in [-0.1, -0.05) is 30.3 Å². The fraction of sp³-hybridized carbons (Fsp3) is 0.421. The van der Waals surface area contributed by atoms with Gasteiger partial charge >= 0.3 is 5.97 Å². The molecule has 26 heavy (non-hydrogen) atoms. The molecule has 1 N–H and O–H groups in total. The number of ether oxygens (including phenoxy) is 1. The van der Waals surface area contributed by atoms with Gasteiger partial charge in [0.05, 0.1) is 18.9 Å². The van der Waals surface area contributed by atoms with Gasteiger partial charge in [0.25, 0.3) is 0 Å². The first kappa shape index (κ1) is 18.5. The maximum atomic E-state index is 12.5. The minimum atomic E-state index is -0.277. The summed E-state index contributed by atoms with van der Waals surface area (Å²) in [4.78, 5) is 31.3. The zero-order chi connectivity index (χ0) is 18.4. The number of aromatic nitrogens is 1. The van der Waals surface area contributed by atoms with Crippen LogP contribution in [0, 0.1) is 5.92 Å². The quantitative estimate of drug-likeness (QED) is 0.756. The van der Waals surface area contributed by atoms with Gasteiger partial charge in [-0.15, -0.1) is 11.3 Å². The van der Waals surface area contributed by atoms with Crippen LogP contribution in [0.3, 0.4) is 0 Å². The zero-order valence-corrected chi connectivity index (χ0v) is 15.6. The number of rotatable bonds is 7. The molecule has 0 spiro atoms. The molecule has 0 bridgehead atoms. The van der Waals surface area contributed by atoms with Gasteiger partial charge in [0.15, 0.2) is 5.13 Å². The van der Waals surface area contributed by atoms with E-state index in [-0.39, 0.29) is 24.2 Å². The molecule has 6 nitrogen and oxygen atoms in total. The lowest BCUT2D eigenvalue weighted by Crippen LogP contribution is -2.26. The van der Waals surface area contributed by atoms with Crippen molar-refractivity contribution in [1.29, 1.82) is 0 Å². The van der Waals surface area contributed by atoms with Crippen LogP contribution in [0.15, 0.2) is 36.5 Å². The van der Waals surface area contributed by atoms with Gasteiger partial charge in [-0.25, -0.2) is 4.98 Å². The number of esters is 1. The fourth-order valence-corrected chi connectivity index (χ4v) is 3.84. The van der Waals surface area contributed by atoms with Crippen LogP contribution in [0.25, 0.3) is 0 Å². The normalized spacial score (nSPS) is 17.2. The van der Waals surface area contributed by atoms with Crippen LogP contribution in [-0.4, -0.2) is 41.5 Å². The van der Waals surface area contributed by atoms with Gasteiger partial charge in [-0.2, -0.15) is 0 Å². The number of benzene rings is 1. The number of thiazole rings is 1. The number of amides is 1. The molecule has 2 aromatic rings. The van der Waals surface area contributed by atoms with Crippen LogP contribution in [0.1, 0.15) is 23.8 Å². The summed E-state index contributed by atoms with van der Waals surface area (Å²) in [6.07, 6.45) is 2.66. The van der Waals surface area contributed by atoms with Crippen molar-refractivity contribution in [3.05, 3.63) is 47.0 Å². The van der Waals surface area contributed by atoms with Gasteiger partial charge in [0.1, 0.15) is 0 Å². The van der Waals surface area contributed by atoms with E-state index in [0.29, 0.717) is 11.7 Å². The third-order valence-electron chi connectivity index (χ3n) is 4.30. The van der Waals surface area contributed by atoms with Gasteiger partial charge in [-0.05, 0) is 25.5 Å². The van der Waals surface area contributed by atoms with Crippen molar-refractivity contribution in [3.63, 3.8) is 0 Å². The summed E-state index contributed by atoms with van der Waals surface area (Å²) in [6.45, 7) is 4.67. The van der Waals surface area contributed by atoms with Crippen molar-refractivity contribution in [1.82, 2.24) is 9.88 Å². The first-order valence-electron chi connectivity index (χ1n) is 8.81. The van der Waals surface area contributed by atoms with Crippen molar-refractivity contribution in [2.24, 2.45) is 5.92 Å². The van der Waals surface area contributed by atoms with Crippen molar-refractivity contribution in [2.45, 2.75) is 26.3 Å². The molecule has 7 heteroatoms. The highest BCUT2D eigenvalue weighted by Crippen LogP contribution is 2.23. The van der Waals surface area contributed by atoms with Crippen LogP contribution in [0.5, 0.6) is 0 Å². The molecule has 0 radical (unpaired) electrons. The van der Waals surface area contributed by atoms with E-state index in [1.807, 2.05) is 18.2 Å². The topological polar surface area (TPSA) is 71.5 Å². The van der Waals surface area contributed by atoms with E-state index >= 15 is 0 Å². The molecule has 2 heterocycles. The Morgan fingerprint density at radius 1 is 1.35 bits per heavy atom. The lowest BCUT2D eigenvalue weighted by Gasteiger charge is -2.15. The van der Waals surface area contributed by atoms with E-state index in [1.165, 1.54) is 16.9 Å². The van der Waals surface area contributed by atoms with Gasteiger partial charge < -0.3 is 10.1 Å². The third-order valence-corrected chi connectivity index (χ3v) is 5.21. The van der Waals surface area contributed by atoms with E-state index < -0.39 is 0 Å². The highest BCUT2D eigenvalue weighted by Gasteiger charge is 2.28. The van der Waals surface area contributed by atoms with Crippen LogP contribution in [0.4, 0.5) is 5.13 Å². The van der Waals surface area contributed by atoms with Crippen molar-refractivity contribution >= 4 is 28.3 Å². The first-order chi connectivity index (χ1) is 12.6. The smallest absolute Gasteiger partial charge is 0.311 e.